The number of nitrogens with zero attached hydrogens (tertiary/aromatic N) is 1. The lowest BCUT2D eigenvalue weighted by molar-refractivity contribution is 0.502. The summed E-state index contributed by atoms with van der Waals surface area (Å²) in [7, 11) is -0.271. The highest BCUT2D eigenvalue weighted by molar-refractivity contribution is 9.10. The normalized spacial score (nSPS) is 11.6. The number of sulfonamides is 1. The van der Waals surface area contributed by atoms with Crippen LogP contribution in [0.2, 0.25) is 0 Å². The summed E-state index contributed by atoms with van der Waals surface area (Å²) in [5.74, 6) is 2.34. The smallest absolute Gasteiger partial charge is 0.244 e. The lowest BCUT2D eigenvalue weighted by atomic mass is 10.1. The standard InChI is InChI=1S/C13H17BrN2O2S/c1-5-6-16(4)19(17,18)13-8-11(9-15-3)7-12(14)10(13)2/h1,7-8,15H,6,9H2,2-4H3. The highest BCUT2D eigenvalue weighted by Crippen LogP contribution is 2.27. The van der Waals surface area contributed by atoms with Crippen LogP contribution in [0.25, 0.3) is 0 Å². The summed E-state index contributed by atoms with van der Waals surface area (Å²) in [6.45, 7) is 2.42. The Morgan fingerprint density at radius 3 is 2.63 bits per heavy atom. The summed E-state index contributed by atoms with van der Waals surface area (Å²) in [5.41, 5.74) is 1.58. The van der Waals surface area contributed by atoms with Crippen molar-refractivity contribution in [2.24, 2.45) is 0 Å². The monoisotopic (exact) mass is 344 g/mol. The Bertz CT molecular complexity index is 606. The molecule has 0 unspecified atom stereocenters. The van der Waals surface area contributed by atoms with E-state index in [1.165, 1.54) is 11.4 Å². The third-order valence-corrected chi connectivity index (χ3v) is 5.49. The SMILES string of the molecule is C#CCN(C)S(=O)(=O)c1cc(CNC)cc(Br)c1C. The number of terminal acetylenes is 1. The zero-order valence-corrected chi connectivity index (χ0v) is 13.6. The van der Waals surface area contributed by atoms with Crippen LogP contribution in [-0.2, 0) is 16.6 Å². The molecule has 4 nitrogen and oxygen atoms in total. The lowest BCUT2D eigenvalue weighted by Crippen LogP contribution is -2.28. The molecule has 0 spiro atoms. The van der Waals surface area contributed by atoms with Gasteiger partial charge in [0.2, 0.25) is 10.0 Å². The molecule has 0 aliphatic carbocycles. The minimum atomic E-state index is -3.56. The Morgan fingerprint density at radius 2 is 2.11 bits per heavy atom. The molecule has 0 aliphatic heterocycles. The third kappa shape index (κ3) is 3.57. The van der Waals surface area contributed by atoms with Gasteiger partial charge in [0.25, 0.3) is 0 Å². The van der Waals surface area contributed by atoms with Crippen molar-refractivity contribution in [3.63, 3.8) is 0 Å². The highest BCUT2D eigenvalue weighted by Gasteiger charge is 2.23. The van der Waals surface area contributed by atoms with E-state index in [0.717, 1.165) is 10.0 Å². The van der Waals surface area contributed by atoms with Crippen LogP contribution >= 0.6 is 15.9 Å². The molecule has 1 aromatic rings. The lowest BCUT2D eigenvalue weighted by Gasteiger charge is -2.18. The molecule has 0 saturated carbocycles. The van der Waals surface area contributed by atoms with Crippen molar-refractivity contribution in [1.29, 1.82) is 0 Å². The fraction of sp³-hybridized carbons (Fsp3) is 0.385. The summed E-state index contributed by atoms with van der Waals surface area (Å²) in [4.78, 5) is 0.282. The van der Waals surface area contributed by atoms with Crippen molar-refractivity contribution >= 4 is 26.0 Å². The van der Waals surface area contributed by atoms with E-state index >= 15 is 0 Å². The van der Waals surface area contributed by atoms with Gasteiger partial charge in [-0.2, -0.15) is 4.31 Å². The molecule has 0 fully saturated rings. The predicted molar refractivity (Wildman–Crippen MR) is 80.3 cm³/mol. The second kappa shape index (κ2) is 6.53. The predicted octanol–water partition coefficient (Wildman–Crippen LogP) is 1.73. The topological polar surface area (TPSA) is 49.4 Å². The fourth-order valence-electron chi connectivity index (χ4n) is 1.66. The Hall–Kier alpha value is -0.870. The average molecular weight is 345 g/mol. The third-order valence-electron chi connectivity index (χ3n) is 2.74. The molecule has 1 rings (SSSR count). The molecule has 1 N–H and O–H groups in total. The number of halogens is 1. The van der Waals surface area contributed by atoms with Gasteiger partial charge in [-0.1, -0.05) is 21.9 Å². The number of hydrogen-bond acceptors (Lipinski definition) is 3. The second-order valence-electron chi connectivity index (χ2n) is 4.20. The molecule has 0 atom stereocenters. The number of nitrogens with one attached hydrogen (secondary N) is 1. The largest absolute Gasteiger partial charge is 0.316 e. The molecule has 0 bridgehead atoms. The van der Waals surface area contributed by atoms with Gasteiger partial charge in [-0.25, -0.2) is 8.42 Å². The molecule has 6 heteroatoms. The summed E-state index contributed by atoms with van der Waals surface area (Å²) in [6, 6.07) is 3.59. The Labute approximate surface area is 123 Å². The van der Waals surface area contributed by atoms with E-state index < -0.39 is 10.0 Å². The Morgan fingerprint density at radius 1 is 1.47 bits per heavy atom. The molecule has 0 aliphatic rings. The van der Waals surface area contributed by atoms with E-state index in [2.05, 4.69) is 27.2 Å². The molecule has 19 heavy (non-hydrogen) atoms. The van der Waals surface area contributed by atoms with Crippen LogP contribution < -0.4 is 5.32 Å². The van der Waals surface area contributed by atoms with Gasteiger partial charge in [0.1, 0.15) is 0 Å². The van der Waals surface area contributed by atoms with Crippen molar-refractivity contribution in [2.45, 2.75) is 18.4 Å². The molecule has 104 valence electrons. The van der Waals surface area contributed by atoms with Gasteiger partial charge < -0.3 is 5.32 Å². The Kier molecular flexibility index (Phi) is 5.56. The molecule has 0 radical (unpaired) electrons. The van der Waals surface area contributed by atoms with Gasteiger partial charge in [0.15, 0.2) is 0 Å². The van der Waals surface area contributed by atoms with E-state index in [1.807, 2.05) is 13.1 Å². The summed E-state index contributed by atoms with van der Waals surface area (Å²) < 4.78 is 26.8. The van der Waals surface area contributed by atoms with Crippen LogP contribution in [-0.4, -0.2) is 33.4 Å². The van der Waals surface area contributed by atoms with Gasteiger partial charge in [-0.15, -0.1) is 6.42 Å². The van der Waals surface area contributed by atoms with E-state index in [1.54, 1.807) is 13.0 Å². The fourth-order valence-corrected chi connectivity index (χ4v) is 3.68. The first-order valence-electron chi connectivity index (χ1n) is 5.68. The first-order chi connectivity index (χ1) is 8.84. The van der Waals surface area contributed by atoms with Gasteiger partial charge in [-0.3, -0.25) is 0 Å². The minimum absolute atomic E-state index is 0.0512. The Balaban J connectivity index is 3.37. The number of rotatable bonds is 5. The van der Waals surface area contributed by atoms with Gasteiger partial charge in [-0.05, 0) is 37.2 Å². The van der Waals surface area contributed by atoms with E-state index in [0.29, 0.717) is 12.1 Å². The first-order valence-corrected chi connectivity index (χ1v) is 7.91. The maximum Gasteiger partial charge on any atom is 0.244 e. The van der Waals surface area contributed by atoms with Crippen molar-refractivity contribution in [3.8, 4) is 12.3 Å². The summed E-state index contributed by atoms with van der Waals surface area (Å²) in [5, 5.41) is 3.00. The van der Waals surface area contributed by atoms with Crippen LogP contribution in [0.5, 0.6) is 0 Å². The second-order valence-corrected chi connectivity index (χ2v) is 7.06. The molecule has 0 heterocycles. The maximum absolute atomic E-state index is 12.4. The molecule has 0 amide bonds. The molecule has 0 aromatic heterocycles. The van der Waals surface area contributed by atoms with Crippen molar-refractivity contribution < 1.29 is 8.42 Å². The first kappa shape index (κ1) is 16.2. The van der Waals surface area contributed by atoms with Crippen molar-refractivity contribution in [2.75, 3.05) is 20.6 Å². The van der Waals surface area contributed by atoms with Crippen LogP contribution in [0.3, 0.4) is 0 Å². The van der Waals surface area contributed by atoms with Crippen LogP contribution in [0.15, 0.2) is 21.5 Å². The minimum Gasteiger partial charge on any atom is -0.316 e. The summed E-state index contributed by atoms with van der Waals surface area (Å²) >= 11 is 3.40. The highest BCUT2D eigenvalue weighted by atomic mass is 79.9. The zero-order chi connectivity index (χ0) is 14.6. The molecule has 1 aromatic carbocycles. The number of hydrogen-bond donors (Lipinski definition) is 1. The van der Waals surface area contributed by atoms with Crippen LogP contribution in [0.1, 0.15) is 11.1 Å². The maximum atomic E-state index is 12.4. The van der Waals surface area contributed by atoms with E-state index in [-0.39, 0.29) is 11.4 Å². The quantitative estimate of drug-likeness (QED) is 0.827. The molecular formula is C13H17BrN2O2S. The van der Waals surface area contributed by atoms with Crippen LogP contribution in [0.4, 0.5) is 0 Å². The molecular weight excluding hydrogens is 328 g/mol. The zero-order valence-electron chi connectivity index (χ0n) is 11.2. The summed E-state index contributed by atoms with van der Waals surface area (Å²) in [6.07, 6.45) is 5.17. The van der Waals surface area contributed by atoms with Gasteiger partial charge >= 0.3 is 0 Å². The van der Waals surface area contributed by atoms with Gasteiger partial charge in [0.05, 0.1) is 11.4 Å². The van der Waals surface area contributed by atoms with E-state index in [9.17, 15) is 8.42 Å². The van der Waals surface area contributed by atoms with Crippen LogP contribution in [0, 0.1) is 19.3 Å². The van der Waals surface area contributed by atoms with Crippen molar-refractivity contribution in [3.05, 3.63) is 27.7 Å². The molecule has 0 saturated heterocycles. The average Bonchev–Trinajstić information content (AvgIpc) is 2.34. The van der Waals surface area contributed by atoms with Crippen molar-refractivity contribution in [1.82, 2.24) is 9.62 Å². The van der Waals surface area contributed by atoms with E-state index in [4.69, 9.17) is 6.42 Å². The van der Waals surface area contributed by atoms with Gasteiger partial charge in [0, 0.05) is 18.1 Å². The number of benzene rings is 1.